The van der Waals surface area contributed by atoms with Gasteiger partial charge in [0.2, 0.25) is 5.95 Å². The Hall–Kier alpha value is -0.100. The van der Waals surface area contributed by atoms with Crippen molar-refractivity contribution >= 4 is 40.1 Å². The standard InChI is InChI=1S/C9H13ClIN3/c1-9(2,5-10)6-14-8-12-3-7(11)4-13-8/h3-4H,5-6H2,1-2H3,(H,12,13,14). The molecule has 0 radical (unpaired) electrons. The monoisotopic (exact) mass is 325 g/mol. The van der Waals surface area contributed by atoms with Crippen molar-refractivity contribution < 1.29 is 0 Å². The van der Waals surface area contributed by atoms with E-state index < -0.39 is 0 Å². The highest BCUT2D eigenvalue weighted by Gasteiger charge is 2.16. The van der Waals surface area contributed by atoms with Gasteiger partial charge in [-0.3, -0.25) is 0 Å². The fourth-order valence-corrected chi connectivity index (χ4v) is 1.14. The van der Waals surface area contributed by atoms with E-state index >= 15 is 0 Å². The minimum atomic E-state index is 0.0634. The number of hydrogen-bond acceptors (Lipinski definition) is 3. The maximum absolute atomic E-state index is 5.80. The lowest BCUT2D eigenvalue weighted by Gasteiger charge is -2.21. The van der Waals surface area contributed by atoms with E-state index in [0.717, 1.165) is 10.1 Å². The molecule has 0 aromatic carbocycles. The van der Waals surface area contributed by atoms with Crippen molar-refractivity contribution in [2.45, 2.75) is 13.8 Å². The second-order valence-electron chi connectivity index (χ2n) is 3.88. The molecular formula is C9H13ClIN3. The van der Waals surface area contributed by atoms with Gasteiger partial charge in [-0.25, -0.2) is 9.97 Å². The van der Waals surface area contributed by atoms with Crippen molar-refractivity contribution in [3.05, 3.63) is 16.0 Å². The van der Waals surface area contributed by atoms with Crippen LogP contribution in [0.5, 0.6) is 0 Å². The van der Waals surface area contributed by atoms with Crippen LogP contribution in [0.3, 0.4) is 0 Å². The minimum absolute atomic E-state index is 0.0634. The SMILES string of the molecule is CC(C)(CCl)CNc1ncc(I)cn1. The molecule has 3 nitrogen and oxygen atoms in total. The van der Waals surface area contributed by atoms with Crippen LogP contribution in [0, 0.1) is 8.99 Å². The zero-order chi connectivity index (χ0) is 10.6. The Bertz CT molecular complexity index is 287. The molecule has 1 aromatic rings. The summed E-state index contributed by atoms with van der Waals surface area (Å²) in [5.41, 5.74) is 0.0634. The smallest absolute Gasteiger partial charge is 0.222 e. The second-order valence-corrected chi connectivity index (χ2v) is 5.39. The van der Waals surface area contributed by atoms with Crippen LogP contribution in [-0.2, 0) is 0 Å². The predicted octanol–water partition coefficient (Wildman–Crippen LogP) is 2.76. The summed E-state index contributed by atoms with van der Waals surface area (Å²) < 4.78 is 1.03. The molecule has 0 fully saturated rings. The van der Waals surface area contributed by atoms with Crippen molar-refractivity contribution in [3.8, 4) is 0 Å². The summed E-state index contributed by atoms with van der Waals surface area (Å²) in [6.07, 6.45) is 3.56. The van der Waals surface area contributed by atoms with Crippen molar-refractivity contribution in [3.63, 3.8) is 0 Å². The fraction of sp³-hybridized carbons (Fsp3) is 0.556. The van der Waals surface area contributed by atoms with Gasteiger partial charge in [-0.15, -0.1) is 11.6 Å². The van der Waals surface area contributed by atoms with Crippen molar-refractivity contribution in [1.29, 1.82) is 0 Å². The highest BCUT2D eigenvalue weighted by molar-refractivity contribution is 14.1. The van der Waals surface area contributed by atoms with E-state index in [0.29, 0.717) is 11.8 Å². The minimum Gasteiger partial charge on any atom is -0.354 e. The van der Waals surface area contributed by atoms with E-state index in [4.69, 9.17) is 11.6 Å². The molecule has 0 atom stereocenters. The van der Waals surface area contributed by atoms with Crippen LogP contribution in [-0.4, -0.2) is 22.4 Å². The first-order valence-corrected chi connectivity index (χ1v) is 5.92. The van der Waals surface area contributed by atoms with E-state index in [1.54, 1.807) is 12.4 Å². The van der Waals surface area contributed by atoms with Crippen LogP contribution < -0.4 is 5.32 Å². The second kappa shape index (κ2) is 5.11. The zero-order valence-electron chi connectivity index (χ0n) is 8.22. The van der Waals surface area contributed by atoms with Crippen LogP contribution in [0.15, 0.2) is 12.4 Å². The molecule has 5 heteroatoms. The highest BCUT2D eigenvalue weighted by atomic mass is 127. The molecule has 0 bridgehead atoms. The number of hydrogen-bond donors (Lipinski definition) is 1. The van der Waals surface area contributed by atoms with Crippen LogP contribution in [0.1, 0.15) is 13.8 Å². The van der Waals surface area contributed by atoms with Crippen molar-refractivity contribution in [2.75, 3.05) is 17.7 Å². The van der Waals surface area contributed by atoms with E-state index in [1.165, 1.54) is 0 Å². The van der Waals surface area contributed by atoms with Crippen LogP contribution in [0.2, 0.25) is 0 Å². The Balaban J connectivity index is 2.50. The summed E-state index contributed by atoms with van der Waals surface area (Å²) in [6, 6.07) is 0. The molecule has 0 saturated heterocycles. The summed E-state index contributed by atoms with van der Waals surface area (Å²) in [4.78, 5) is 8.29. The summed E-state index contributed by atoms with van der Waals surface area (Å²) >= 11 is 7.98. The predicted molar refractivity (Wildman–Crippen MR) is 67.7 cm³/mol. The molecular weight excluding hydrogens is 312 g/mol. The Kier molecular flexibility index (Phi) is 4.37. The Morgan fingerprint density at radius 3 is 2.50 bits per heavy atom. The molecule has 0 unspecified atom stereocenters. The first-order valence-electron chi connectivity index (χ1n) is 4.31. The maximum Gasteiger partial charge on any atom is 0.222 e. The number of alkyl halides is 1. The fourth-order valence-electron chi connectivity index (χ4n) is 0.769. The summed E-state index contributed by atoms with van der Waals surface area (Å²) in [7, 11) is 0. The zero-order valence-corrected chi connectivity index (χ0v) is 11.1. The van der Waals surface area contributed by atoms with Gasteiger partial charge in [0, 0.05) is 28.4 Å². The third-order valence-electron chi connectivity index (χ3n) is 1.71. The largest absolute Gasteiger partial charge is 0.354 e. The summed E-state index contributed by atoms with van der Waals surface area (Å²) in [6.45, 7) is 4.97. The molecule has 0 amide bonds. The number of nitrogens with zero attached hydrogens (tertiary/aromatic N) is 2. The molecule has 1 rings (SSSR count). The number of halogens is 2. The van der Waals surface area contributed by atoms with E-state index in [1.807, 2.05) is 0 Å². The molecule has 1 aromatic heterocycles. The lowest BCUT2D eigenvalue weighted by atomic mass is 9.97. The molecule has 0 saturated carbocycles. The average molecular weight is 326 g/mol. The van der Waals surface area contributed by atoms with Crippen molar-refractivity contribution in [2.24, 2.45) is 5.41 Å². The van der Waals surface area contributed by atoms with Gasteiger partial charge in [-0.2, -0.15) is 0 Å². The Morgan fingerprint density at radius 1 is 1.43 bits per heavy atom. The van der Waals surface area contributed by atoms with Crippen LogP contribution >= 0.6 is 34.2 Å². The van der Waals surface area contributed by atoms with Gasteiger partial charge in [0.15, 0.2) is 0 Å². The number of rotatable bonds is 4. The molecule has 0 aliphatic rings. The quantitative estimate of drug-likeness (QED) is 0.683. The number of anilines is 1. The maximum atomic E-state index is 5.80. The van der Waals surface area contributed by atoms with Crippen LogP contribution in [0.25, 0.3) is 0 Å². The van der Waals surface area contributed by atoms with Gasteiger partial charge in [-0.1, -0.05) is 13.8 Å². The third kappa shape index (κ3) is 3.96. The Morgan fingerprint density at radius 2 is 2.00 bits per heavy atom. The summed E-state index contributed by atoms with van der Waals surface area (Å²) in [5.74, 6) is 1.27. The van der Waals surface area contributed by atoms with Crippen LogP contribution in [0.4, 0.5) is 5.95 Å². The van der Waals surface area contributed by atoms with E-state index in [-0.39, 0.29) is 5.41 Å². The topological polar surface area (TPSA) is 37.8 Å². The van der Waals surface area contributed by atoms with Gasteiger partial charge >= 0.3 is 0 Å². The highest BCUT2D eigenvalue weighted by Crippen LogP contribution is 2.16. The number of nitrogens with one attached hydrogen (secondary N) is 1. The molecule has 78 valence electrons. The van der Waals surface area contributed by atoms with Gasteiger partial charge < -0.3 is 5.32 Å². The molecule has 0 spiro atoms. The van der Waals surface area contributed by atoms with Gasteiger partial charge in [-0.05, 0) is 28.0 Å². The van der Waals surface area contributed by atoms with Gasteiger partial charge in [0.1, 0.15) is 0 Å². The molecule has 0 aliphatic heterocycles. The molecule has 14 heavy (non-hydrogen) atoms. The van der Waals surface area contributed by atoms with Gasteiger partial charge in [0.05, 0.1) is 0 Å². The lowest BCUT2D eigenvalue weighted by Crippen LogP contribution is -2.25. The average Bonchev–Trinajstić information content (AvgIpc) is 2.17. The Labute approximate surface area is 103 Å². The number of aromatic nitrogens is 2. The molecule has 1 heterocycles. The van der Waals surface area contributed by atoms with Crippen molar-refractivity contribution in [1.82, 2.24) is 9.97 Å². The van der Waals surface area contributed by atoms with E-state index in [9.17, 15) is 0 Å². The first-order chi connectivity index (χ1) is 6.53. The van der Waals surface area contributed by atoms with Gasteiger partial charge in [0.25, 0.3) is 0 Å². The lowest BCUT2D eigenvalue weighted by molar-refractivity contribution is 0.449. The molecule has 1 N–H and O–H groups in total. The summed E-state index contributed by atoms with van der Waals surface area (Å²) in [5, 5.41) is 3.15. The molecule has 0 aliphatic carbocycles. The normalized spacial score (nSPS) is 11.4. The van der Waals surface area contributed by atoms with E-state index in [2.05, 4.69) is 51.7 Å². The first kappa shape index (κ1) is 12.0. The third-order valence-corrected chi connectivity index (χ3v) is 2.99.